The fraction of sp³-hybridized carbons (Fsp3) is 0.900. The quantitative estimate of drug-likeness (QED) is 0.0545. The van der Waals surface area contributed by atoms with E-state index in [4.69, 9.17) is 56.8 Å². The Bertz CT molecular complexity index is 1700. The van der Waals surface area contributed by atoms with Crippen molar-refractivity contribution in [2.45, 2.75) is 167 Å². The van der Waals surface area contributed by atoms with Crippen molar-refractivity contribution in [1.29, 1.82) is 0 Å². The molecule has 0 aromatic carbocycles. The van der Waals surface area contributed by atoms with Gasteiger partial charge in [-0.3, -0.25) is 24.0 Å². The molecule has 1 aromatic heterocycles. The van der Waals surface area contributed by atoms with E-state index >= 15 is 0 Å². The molecule has 0 saturated heterocycles. The lowest BCUT2D eigenvalue weighted by Crippen LogP contribution is -2.38. The van der Waals surface area contributed by atoms with Gasteiger partial charge in [-0.1, -0.05) is 82.3 Å². The number of ketones is 1. The van der Waals surface area contributed by atoms with E-state index in [1.54, 1.807) is 25.9 Å². The number of aliphatic carboxylic acids is 1. The van der Waals surface area contributed by atoms with Gasteiger partial charge in [0.25, 0.3) is 0 Å². The summed E-state index contributed by atoms with van der Waals surface area (Å²) >= 11 is 0. The summed E-state index contributed by atoms with van der Waals surface area (Å²) in [7, 11) is 3.46. The van der Waals surface area contributed by atoms with Crippen molar-refractivity contribution in [3.8, 4) is 0 Å². The molecule has 0 fully saturated rings. The molecular formula is C60H114N8O18. The molecular weight excluding hydrogens is 1120 g/mol. The van der Waals surface area contributed by atoms with Crippen LogP contribution in [0.15, 0.2) is 0 Å². The summed E-state index contributed by atoms with van der Waals surface area (Å²) in [5.41, 5.74) is 0. The number of carbonyl (C=O) groups excluding carboxylic acids is 4. The van der Waals surface area contributed by atoms with Crippen LogP contribution in [0.4, 0.5) is 0 Å². The normalized spacial score (nSPS) is 12.2. The Labute approximate surface area is 513 Å². The summed E-state index contributed by atoms with van der Waals surface area (Å²) < 4.78 is 66.3. The van der Waals surface area contributed by atoms with Crippen LogP contribution in [0.5, 0.6) is 0 Å². The number of carboxylic acids is 1. The van der Waals surface area contributed by atoms with Crippen molar-refractivity contribution in [2.75, 3.05) is 186 Å². The molecule has 0 aliphatic carbocycles. The van der Waals surface area contributed by atoms with Gasteiger partial charge in [0.2, 0.25) is 17.7 Å². The first-order chi connectivity index (χ1) is 42.1. The lowest BCUT2D eigenvalue weighted by atomic mass is 10.0. The Kier molecular flexibility index (Phi) is 58.4. The second-order valence-corrected chi connectivity index (χ2v) is 20.9. The molecule has 502 valence electrons. The molecule has 1 aromatic rings. The Morgan fingerprint density at radius 2 is 0.872 bits per heavy atom. The summed E-state index contributed by atoms with van der Waals surface area (Å²) in [6.45, 7) is 12.9. The van der Waals surface area contributed by atoms with E-state index in [1.807, 2.05) is 0 Å². The highest BCUT2D eigenvalue weighted by atomic mass is 16.6. The second-order valence-electron chi connectivity index (χ2n) is 20.9. The van der Waals surface area contributed by atoms with Gasteiger partial charge >= 0.3 is 5.97 Å². The molecule has 0 spiro atoms. The predicted octanol–water partition coefficient (Wildman–Crippen LogP) is 4.84. The van der Waals surface area contributed by atoms with Gasteiger partial charge in [0, 0.05) is 51.9 Å². The average Bonchev–Trinajstić information content (AvgIpc) is 4.08. The number of nitrogens with one attached hydrogen (secondary N) is 4. The van der Waals surface area contributed by atoms with Crippen LogP contribution in [-0.4, -0.2) is 258 Å². The highest BCUT2D eigenvalue weighted by molar-refractivity contribution is 5.81. The van der Waals surface area contributed by atoms with E-state index < -0.39 is 12.0 Å². The lowest BCUT2D eigenvalue weighted by Gasteiger charge is -2.20. The second kappa shape index (κ2) is 62.7. The predicted molar refractivity (Wildman–Crippen MR) is 323 cm³/mol. The fourth-order valence-electron chi connectivity index (χ4n) is 8.56. The Morgan fingerprint density at radius 1 is 0.477 bits per heavy atom. The smallest absolute Gasteiger partial charge is 0.305 e. The van der Waals surface area contributed by atoms with Crippen molar-refractivity contribution in [2.24, 2.45) is 0 Å². The first-order valence-electron chi connectivity index (χ1n) is 32.0. The van der Waals surface area contributed by atoms with Crippen molar-refractivity contribution >= 4 is 29.5 Å². The standard InChI is InChI=1S/C60H114N8O18/c1-53(69)55(61-2)20-18-19-26-62-57(70)25-28-75-30-32-77-34-36-79-38-40-81-42-44-83-46-48-85-50-51-86-49-47-84-45-43-82-41-39-80-37-35-78-33-31-76-29-27-68(3)59(72)24-23-54(52-60(73)74)63-58(71)22-17-15-13-11-9-7-5-4-6-8-10-12-14-16-21-56-64-66-67-65-56/h54-55,61H,4-52H2,1-3H3,(H,62,70)(H,63,71)(H,73,74)(H,64,65,66,67)/t54-,55+/m1/s1. The average molecular weight is 1240 g/mol. The maximum absolute atomic E-state index is 12.8. The molecule has 1 rings (SSSR count). The van der Waals surface area contributed by atoms with Gasteiger partial charge in [-0.15, -0.1) is 10.2 Å². The maximum Gasteiger partial charge on any atom is 0.305 e. The third-order valence-corrected chi connectivity index (χ3v) is 13.6. The number of ether oxygens (including phenoxy) is 12. The van der Waals surface area contributed by atoms with Crippen molar-refractivity contribution < 1.29 is 85.9 Å². The van der Waals surface area contributed by atoms with Gasteiger partial charge in [0.1, 0.15) is 5.78 Å². The zero-order valence-corrected chi connectivity index (χ0v) is 53.0. The minimum Gasteiger partial charge on any atom is -0.481 e. The number of Topliss-reactive ketones (excluding diaryl/α,β-unsaturated/α-hetero) is 1. The largest absolute Gasteiger partial charge is 0.481 e. The van der Waals surface area contributed by atoms with Crippen molar-refractivity contribution in [3.63, 3.8) is 0 Å². The number of likely N-dealkylation sites (N-methyl/N-ethyl adjacent to an activating group) is 2. The summed E-state index contributed by atoms with van der Waals surface area (Å²) in [6, 6.07) is -0.716. The minimum atomic E-state index is -1.01. The molecule has 3 amide bonds. The number of hydrogen-bond acceptors (Lipinski definition) is 21. The van der Waals surface area contributed by atoms with Crippen LogP contribution < -0.4 is 16.0 Å². The van der Waals surface area contributed by atoms with E-state index in [-0.39, 0.29) is 48.8 Å². The van der Waals surface area contributed by atoms with Gasteiger partial charge in [0.15, 0.2) is 5.82 Å². The molecule has 0 radical (unpaired) electrons. The van der Waals surface area contributed by atoms with Gasteiger partial charge in [-0.2, -0.15) is 5.21 Å². The van der Waals surface area contributed by atoms with Crippen LogP contribution in [-0.2, 0) is 87.2 Å². The Balaban J connectivity index is 1.78. The highest BCUT2D eigenvalue weighted by Gasteiger charge is 2.19. The van der Waals surface area contributed by atoms with Crippen LogP contribution >= 0.6 is 0 Å². The number of aromatic nitrogens is 4. The van der Waals surface area contributed by atoms with Gasteiger partial charge in [0.05, 0.1) is 171 Å². The van der Waals surface area contributed by atoms with Crippen molar-refractivity contribution in [1.82, 2.24) is 41.5 Å². The molecule has 5 N–H and O–H groups in total. The highest BCUT2D eigenvalue weighted by Crippen LogP contribution is 2.15. The Hall–Kier alpha value is -3.90. The molecule has 0 aliphatic heterocycles. The zero-order chi connectivity index (χ0) is 62.3. The number of aryl methyl sites for hydroxylation is 1. The first-order valence-corrected chi connectivity index (χ1v) is 32.0. The van der Waals surface area contributed by atoms with E-state index in [9.17, 15) is 29.1 Å². The zero-order valence-electron chi connectivity index (χ0n) is 53.0. The number of nitrogens with zero attached hydrogens (tertiary/aromatic N) is 4. The van der Waals surface area contributed by atoms with Gasteiger partial charge < -0.3 is 82.8 Å². The summed E-state index contributed by atoms with van der Waals surface area (Å²) in [4.78, 5) is 61.8. The molecule has 86 heavy (non-hydrogen) atoms. The topological polar surface area (TPSA) is 310 Å². The van der Waals surface area contributed by atoms with Crippen LogP contribution in [0.1, 0.15) is 154 Å². The molecule has 2 atom stereocenters. The molecule has 26 nitrogen and oxygen atoms in total. The third-order valence-electron chi connectivity index (χ3n) is 13.6. The summed E-state index contributed by atoms with van der Waals surface area (Å²) in [5, 5.41) is 32.2. The maximum atomic E-state index is 12.8. The summed E-state index contributed by atoms with van der Waals surface area (Å²) in [6.07, 6.45) is 20.7. The Morgan fingerprint density at radius 3 is 1.26 bits per heavy atom. The molecule has 26 heteroatoms. The molecule has 0 unspecified atom stereocenters. The van der Waals surface area contributed by atoms with E-state index in [1.165, 1.54) is 64.2 Å². The molecule has 1 heterocycles. The SMILES string of the molecule is CN[C@@H](CCCCNC(=O)CCOCCOCCOCCOCCOCCOCCOCCOCCOCCOCCOCCOCCN(C)C(=O)CC[C@H](CC(=O)O)NC(=O)CCCCCCCCCCCCCCCCc1nn[nH]n1)C(C)=O. The number of rotatable bonds is 69. The molecule has 0 aliphatic rings. The minimum absolute atomic E-state index is 0.0484. The summed E-state index contributed by atoms with van der Waals surface area (Å²) in [5.74, 6) is -0.429. The number of carbonyl (C=O) groups is 5. The van der Waals surface area contributed by atoms with Crippen LogP contribution in [0.25, 0.3) is 0 Å². The van der Waals surface area contributed by atoms with E-state index in [0.717, 1.165) is 57.2 Å². The van der Waals surface area contributed by atoms with E-state index in [2.05, 4.69) is 36.6 Å². The number of H-pyrrole nitrogens is 1. The number of amides is 3. The lowest BCUT2D eigenvalue weighted by molar-refractivity contribution is -0.138. The van der Waals surface area contributed by atoms with Gasteiger partial charge in [-0.25, -0.2) is 0 Å². The van der Waals surface area contributed by atoms with Crippen LogP contribution in [0.3, 0.4) is 0 Å². The van der Waals surface area contributed by atoms with E-state index in [0.29, 0.717) is 184 Å². The molecule has 0 saturated carbocycles. The number of tetrazole rings is 1. The fourth-order valence-corrected chi connectivity index (χ4v) is 8.56. The van der Waals surface area contributed by atoms with Crippen LogP contribution in [0.2, 0.25) is 0 Å². The monoisotopic (exact) mass is 1230 g/mol. The first kappa shape index (κ1) is 80.1. The van der Waals surface area contributed by atoms with Crippen molar-refractivity contribution in [3.05, 3.63) is 5.82 Å². The number of carboxylic acid groups (broad SMARTS) is 1. The number of hydrogen-bond donors (Lipinski definition) is 5. The van der Waals surface area contributed by atoms with Gasteiger partial charge in [-0.05, 0) is 52.5 Å². The number of aromatic amines is 1. The molecule has 0 bridgehead atoms. The third kappa shape index (κ3) is 56.6. The number of unbranched alkanes of at least 4 members (excludes halogenated alkanes) is 14. The van der Waals surface area contributed by atoms with Crippen LogP contribution in [0, 0.1) is 0 Å².